The molecule has 1 N–H and O–H groups in total. The van der Waals surface area contributed by atoms with Crippen LogP contribution in [0.5, 0.6) is 0 Å². The minimum atomic E-state index is -3.07. The van der Waals surface area contributed by atoms with Gasteiger partial charge in [0.2, 0.25) is 0 Å². The second-order valence-corrected chi connectivity index (χ2v) is 11.1. The molecule has 0 saturated heterocycles. The molecule has 1 aromatic rings. The quantitative estimate of drug-likeness (QED) is 0.628. The molecule has 0 atom stereocenters. The number of rotatable bonds is 1. The number of sulfonamides is 1. The van der Waals surface area contributed by atoms with E-state index in [-0.39, 0.29) is 5.75 Å². The van der Waals surface area contributed by atoms with Gasteiger partial charge < -0.3 is 0 Å². The molecule has 0 radical (unpaired) electrons. The predicted molar refractivity (Wildman–Crippen MR) is 72.1 cm³/mol. The first-order chi connectivity index (χ1) is 6.98. The van der Waals surface area contributed by atoms with Crippen molar-refractivity contribution in [2.45, 2.75) is 6.42 Å². The van der Waals surface area contributed by atoms with Gasteiger partial charge in [0.25, 0.3) is 0 Å². The van der Waals surface area contributed by atoms with Crippen LogP contribution >= 0.6 is 19.8 Å². The number of halogens is 1. The molecule has 0 spiro atoms. The van der Waals surface area contributed by atoms with Crippen LogP contribution in [0.25, 0.3) is 0 Å². The molecule has 1 aromatic carbocycles. The van der Waals surface area contributed by atoms with Gasteiger partial charge in [0.15, 0.2) is 0 Å². The Morgan fingerprint density at radius 1 is 1.33 bits per heavy atom. The summed E-state index contributed by atoms with van der Waals surface area (Å²) in [6.07, 6.45) is 0.632. The van der Waals surface area contributed by atoms with Gasteiger partial charge in [-0.25, -0.2) is 0 Å². The molecule has 1 aliphatic rings. The first-order valence-electron chi connectivity index (χ1n) is 4.61. The van der Waals surface area contributed by atoms with Crippen LogP contribution in [0.2, 0.25) is 0 Å². The van der Waals surface area contributed by atoms with Gasteiger partial charge in [0.05, 0.1) is 0 Å². The van der Waals surface area contributed by atoms with Crippen LogP contribution in [0.1, 0.15) is 5.56 Å². The number of hydrogen-bond acceptors (Lipinski definition) is 2. The Kier molecular flexibility index (Phi) is 2.94. The normalized spacial score (nSPS) is 18.9. The first-order valence-corrected chi connectivity index (χ1v) is 11.7. The van der Waals surface area contributed by atoms with E-state index >= 15 is 0 Å². The fraction of sp³-hybridized carbons (Fsp3) is 0.400. The third-order valence-electron chi connectivity index (χ3n) is 2.41. The average molecular weight is 339 g/mol. The fourth-order valence-corrected chi connectivity index (χ4v) is 4.51. The van der Waals surface area contributed by atoms with E-state index in [9.17, 15) is 8.42 Å². The molecule has 15 heavy (non-hydrogen) atoms. The van der Waals surface area contributed by atoms with Crippen molar-refractivity contribution < 1.29 is 8.42 Å². The zero-order valence-corrected chi connectivity index (χ0v) is 11.7. The number of hydrogen-bond donors (Lipinski definition) is 1. The van der Waals surface area contributed by atoms with Gasteiger partial charge in [-0.15, -0.1) is 0 Å². The van der Waals surface area contributed by atoms with E-state index in [1.165, 1.54) is 3.57 Å². The van der Waals surface area contributed by atoms with Crippen LogP contribution in [-0.2, 0) is 16.4 Å². The molecule has 2 rings (SSSR count). The molecule has 0 amide bonds. The second-order valence-electron chi connectivity index (χ2n) is 3.73. The maximum absolute atomic E-state index is 11.4. The summed E-state index contributed by atoms with van der Waals surface area (Å²) in [4.78, 5) is 4.51. The topological polar surface area (TPSA) is 46.2 Å². The van der Waals surface area contributed by atoms with Crippen molar-refractivity contribution in [2.75, 3.05) is 20.3 Å². The summed E-state index contributed by atoms with van der Waals surface area (Å²) < 4.78 is 26.7. The Hall–Kier alpha value is -0.300. The van der Waals surface area contributed by atoms with E-state index in [2.05, 4.69) is 26.7 Å². The van der Waals surface area contributed by atoms with Crippen LogP contribution in [0.15, 0.2) is 18.2 Å². The number of nitrogens with one attached hydrogen (secondary N) is 1. The second kappa shape index (κ2) is 3.93. The van der Waals surface area contributed by atoms with Gasteiger partial charge in [0, 0.05) is 0 Å². The molecule has 0 aromatic heterocycles. The van der Waals surface area contributed by atoms with E-state index in [0.29, 0.717) is 6.42 Å². The van der Waals surface area contributed by atoms with Crippen LogP contribution in [0.3, 0.4) is 0 Å². The number of benzene rings is 1. The zero-order valence-electron chi connectivity index (χ0n) is 8.75. The van der Waals surface area contributed by atoms with Crippen molar-refractivity contribution in [3.05, 3.63) is 27.3 Å². The van der Waals surface area contributed by atoms with Crippen LogP contribution in [-0.4, -0.2) is 24.0 Å². The first kappa shape index (κ1) is 11.2. The third kappa shape index (κ3) is 2.44. The molecular formula is C10H14INO2S. The Labute approximate surface area is 97.7 Å². The summed E-state index contributed by atoms with van der Waals surface area (Å²) in [5.74, 6) is 0.208. The van der Waals surface area contributed by atoms with Crippen molar-refractivity contribution in [1.82, 2.24) is 0 Å². The molecule has 0 bridgehead atoms. The summed E-state index contributed by atoms with van der Waals surface area (Å²) in [7, 11) is -3.07. The van der Waals surface area contributed by atoms with Crippen molar-refractivity contribution in [3.63, 3.8) is 0 Å². The SMILES string of the molecule is CI(C)c1ccc2c(c1)NS(=O)(=O)CC2. The van der Waals surface area contributed by atoms with Crippen LogP contribution in [0.4, 0.5) is 5.69 Å². The summed E-state index contributed by atoms with van der Waals surface area (Å²) >= 11 is -1.02. The molecule has 0 saturated carbocycles. The molecule has 0 fully saturated rings. The van der Waals surface area contributed by atoms with Crippen LogP contribution < -0.4 is 4.72 Å². The van der Waals surface area contributed by atoms with Gasteiger partial charge in [-0.2, -0.15) is 0 Å². The molecule has 1 heterocycles. The molecule has 1 aliphatic heterocycles. The Morgan fingerprint density at radius 2 is 2.07 bits per heavy atom. The standard InChI is InChI=1S/C10H14INO2S/c1-11(2)9-4-3-8-5-6-15(13,14)12-10(8)7-9/h3-4,7,12H,5-6H2,1-2H3. The average Bonchev–Trinajstić information content (AvgIpc) is 2.15. The minimum absolute atomic E-state index is 0.208. The van der Waals surface area contributed by atoms with Crippen molar-refractivity contribution in [1.29, 1.82) is 0 Å². The fourth-order valence-electron chi connectivity index (χ4n) is 1.56. The van der Waals surface area contributed by atoms with Crippen molar-refractivity contribution in [2.24, 2.45) is 0 Å². The molecule has 0 unspecified atom stereocenters. The Balaban J connectivity index is 2.44. The van der Waals surface area contributed by atoms with Gasteiger partial charge >= 0.3 is 98.0 Å². The maximum atomic E-state index is 11.4. The van der Waals surface area contributed by atoms with E-state index in [4.69, 9.17) is 0 Å². The van der Waals surface area contributed by atoms with E-state index in [0.717, 1.165) is 11.3 Å². The van der Waals surface area contributed by atoms with Crippen molar-refractivity contribution in [3.8, 4) is 0 Å². The summed E-state index contributed by atoms with van der Waals surface area (Å²) in [5, 5.41) is 0. The molecule has 84 valence electrons. The van der Waals surface area contributed by atoms with Crippen molar-refractivity contribution >= 4 is 35.5 Å². The van der Waals surface area contributed by atoms with Gasteiger partial charge in [0.1, 0.15) is 0 Å². The van der Waals surface area contributed by atoms with Crippen LogP contribution in [0, 0.1) is 3.57 Å². The molecule has 3 nitrogen and oxygen atoms in total. The monoisotopic (exact) mass is 339 g/mol. The molecule has 5 heteroatoms. The van der Waals surface area contributed by atoms with Gasteiger partial charge in [-0.1, -0.05) is 0 Å². The predicted octanol–water partition coefficient (Wildman–Crippen LogP) is 1.92. The summed E-state index contributed by atoms with van der Waals surface area (Å²) in [6.45, 7) is 0. The Bertz CT molecular complexity index is 482. The summed E-state index contributed by atoms with van der Waals surface area (Å²) in [6, 6.07) is 6.21. The zero-order chi connectivity index (χ0) is 11.1. The summed E-state index contributed by atoms with van der Waals surface area (Å²) in [5.41, 5.74) is 1.91. The van der Waals surface area contributed by atoms with E-state index in [1.54, 1.807) is 0 Å². The van der Waals surface area contributed by atoms with E-state index in [1.807, 2.05) is 6.07 Å². The van der Waals surface area contributed by atoms with Gasteiger partial charge in [-0.05, 0) is 0 Å². The molecule has 0 aliphatic carbocycles. The third-order valence-corrected chi connectivity index (χ3v) is 6.85. The number of fused-ring (bicyclic) bond motifs is 1. The van der Waals surface area contributed by atoms with Gasteiger partial charge in [-0.3, -0.25) is 0 Å². The Morgan fingerprint density at radius 3 is 2.73 bits per heavy atom. The number of alkyl halides is 2. The number of anilines is 1. The number of aryl methyl sites for hydroxylation is 1. The molecular weight excluding hydrogens is 325 g/mol. The van der Waals surface area contributed by atoms with E-state index < -0.39 is 29.8 Å².